The predicted molar refractivity (Wildman–Crippen MR) is 179 cm³/mol. The number of para-hydroxylation sites is 2. The number of aromatic hydroxyl groups is 2. The van der Waals surface area contributed by atoms with E-state index in [0.717, 1.165) is 32.2 Å². The quantitative estimate of drug-likeness (QED) is 0.186. The Morgan fingerprint density at radius 1 is 0.537 bits per heavy atom. The summed E-state index contributed by atoms with van der Waals surface area (Å²) in [6.45, 7) is 14.1. The molecule has 6 aromatic rings. The first-order valence-electron chi connectivity index (χ1n) is 13.3. The molecule has 0 spiro atoms. The van der Waals surface area contributed by atoms with Crippen LogP contribution in [0.4, 0.5) is 0 Å². The van der Waals surface area contributed by atoms with Crippen molar-refractivity contribution in [2.24, 2.45) is 0 Å². The molecule has 9 heteroatoms. The molecule has 0 saturated heterocycles. The number of nitrogens with zero attached hydrogens (tertiary/aromatic N) is 2. The summed E-state index contributed by atoms with van der Waals surface area (Å²) in [6.07, 6.45) is 0. The van der Waals surface area contributed by atoms with Crippen LogP contribution in [0.3, 0.4) is 0 Å². The number of aromatic nitrogens is 2. The van der Waals surface area contributed by atoms with Gasteiger partial charge in [-0.15, -0.1) is 22.7 Å². The third kappa shape index (κ3) is 7.04. The maximum atomic E-state index is 9.95. The van der Waals surface area contributed by atoms with Gasteiger partial charge in [0, 0.05) is 19.5 Å². The zero-order chi connectivity index (χ0) is 28.7. The first kappa shape index (κ1) is 31.3. The normalized spacial score (nSPS) is 11.7. The van der Waals surface area contributed by atoms with Gasteiger partial charge in [-0.3, -0.25) is 0 Å². The molecule has 0 bridgehead atoms. The zero-order valence-electron chi connectivity index (χ0n) is 24.4. The second-order valence-electron chi connectivity index (χ2n) is 11.9. The first-order valence-corrected chi connectivity index (χ1v) is 21.9. The monoisotopic (exact) mass is 662 g/mol. The Morgan fingerprint density at radius 2 is 0.902 bits per heavy atom. The number of phenolic OH excluding ortho intramolecular Hbond substituents is 2. The minimum Gasteiger partial charge on any atom is -0.507 e. The van der Waals surface area contributed by atoms with Gasteiger partial charge in [-0.05, 0) is 48.5 Å². The van der Waals surface area contributed by atoms with E-state index in [-0.39, 0.29) is 31.0 Å². The van der Waals surface area contributed by atoms with Gasteiger partial charge in [0.25, 0.3) is 0 Å². The van der Waals surface area contributed by atoms with Crippen LogP contribution in [0.15, 0.2) is 84.9 Å². The predicted octanol–water partition coefficient (Wildman–Crippen LogP) is 8.43. The summed E-state index contributed by atoms with van der Waals surface area (Å²) in [5.41, 5.74) is 3.64. The SMILES string of the molecule is C[Si](C)(C)c1ccc2nc(-c3ccccc3O)sc2c1.C[Si](C)(C)c1ccc2nc(-c3ccccc3O)sc2c1.[Zn]. The van der Waals surface area contributed by atoms with Crippen LogP contribution in [-0.2, 0) is 19.5 Å². The van der Waals surface area contributed by atoms with E-state index < -0.39 is 16.1 Å². The molecular weight excluding hydrogens is 630 g/mol. The van der Waals surface area contributed by atoms with E-state index in [9.17, 15) is 10.2 Å². The number of phenols is 2. The largest absolute Gasteiger partial charge is 0.507 e. The molecule has 2 heterocycles. The van der Waals surface area contributed by atoms with Gasteiger partial charge in [0.1, 0.15) is 21.5 Å². The fourth-order valence-corrected chi connectivity index (χ4v) is 8.93. The van der Waals surface area contributed by atoms with E-state index in [4.69, 9.17) is 0 Å². The second-order valence-corrected chi connectivity index (χ2v) is 24.2. The van der Waals surface area contributed by atoms with E-state index in [2.05, 4.69) is 85.6 Å². The molecule has 0 radical (unpaired) electrons. The Kier molecular flexibility index (Phi) is 9.36. The van der Waals surface area contributed by atoms with Crippen LogP contribution in [0.1, 0.15) is 0 Å². The van der Waals surface area contributed by atoms with E-state index >= 15 is 0 Å². The Morgan fingerprint density at radius 3 is 1.24 bits per heavy atom. The topological polar surface area (TPSA) is 66.2 Å². The van der Waals surface area contributed by atoms with Gasteiger partial charge in [0.2, 0.25) is 0 Å². The fraction of sp³-hybridized carbons (Fsp3) is 0.188. The molecule has 0 aliphatic heterocycles. The molecule has 0 aliphatic carbocycles. The minimum atomic E-state index is -1.30. The molecule has 2 aromatic heterocycles. The van der Waals surface area contributed by atoms with Gasteiger partial charge in [-0.1, -0.05) is 86.1 Å². The average molecular weight is 664 g/mol. The summed E-state index contributed by atoms with van der Waals surface area (Å²) in [5, 5.41) is 24.5. The Hall–Kier alpha value is -2.68. The third-order valence-corrected chi connectivity index (χ3v) is 13.0. The van der Waals surface area contributed by atoms with Crippen molar-refractivity contribution in [1.29, 1.82) is 0 Å². The van der Waals surface area contributed by atoms with Crippen molar-refractivity contribution in [2.45, 2.75) is 39.3 Å². The van der Waals surface area contributed by atoms with E-state index in [1.54, 1.807) is 34.8 Å². The van der Waals surface area contributed by atoms with Crippen molar-refractivity contribution in [3.63, 3.8) is 0 Å². The minimum absolute atomic E-state index is 0. The zero-order valence-corrected chi connectivity index (χ0v) is 31.0. The van der Waals surface area contributed by atoms with E-state index in [1.807, 2.05) is 36.4 Å². The maximum absolute atomic E-state index is 9.95. The van der Waals surface area contributed by atoms with Crippen molar-refractivity contribution in [2.75, 3.05) is 0 Å². The van der Waals surface area contributed by atoms with Crippen LogP contribution < -0.4 is 10.4 Å². The summed E-state index contributed by atoms with van der Waals surface area (Å²) in [7, 11) is -2.60. The molecule has 0 atom stereocenters. The second kappa shape index (κ2) is 12.3. The molecule has 6 rings (SSSR count). The molecule has 41 heavy (non-hydrogen) atoms. The van der Waals surface area contributed by atoms with Gasteiger partial charge in [0.15, 0.2) is 0 Å². The van der Waals surface area contributed by atoms with Crippen molar-refractivity contribution in [1.82, 2.24) is 9.97 Å². The molecule has 206 valence electrons. The molecule has 2 N–H and O–H groups in total. The average Bonchev–Trinajstić information content (AvgIpc) is 3.52. The molecule has 4 nitrogen and oxygen atoms in total. The van der Waals surface area contributed by atoms with Crippen LogP contribution in [0, 0.1) is 0 Å². The molecule has 0 fully saturated rings. The number of hydrogen-bond donors (Lipinski definition) is 2. The van der Waals surface area contributed by atoms with Gasteiger partial charge in [-0.25, -0.2) is 9.97 Å². The maximum Gasteiger partial charge on any atom is 0.128 e. The van der Waals surface area contributed by atoms with Crippen LogP contribution in [0.5, 0.6) is 11.5 Å². The van der Waals surface area contributed by atoms with Crippen molar-refractivity contribution in [3.8, 4) is 32.6 Å². The number of fused-ring (bicyclic) bond motifs is 2. The van der Waals surface area contributed by atoms with Crippen molar-refractivity contribution in [3.05, 3.63) is 84.9 Å². The number of thiazole rings is 2. The third-order valence-electron chi connectivity index (χ3n) is 6.78. The summed E-state index contributed by atoms with van der Waals surface area (Å²) in [4.78, 5) is 9.28. The summed E-state index contributed by atoms with van der Waals surface area (Å²) in [6, 6.07) is 27.9. The number of rotatable bonds is 4. The summed E-state index contributed by atoms with van der Waals surface area (Å²) < 4.78 is 2.39. The van der Waals surface area contributed by atoms with Gasteiger partial charge < -0.3 is 10.2 Å². The summed E-state index contributed by atoms with van der Waals surface area (Å²) in [5.74, 6) is 0.578. The molecule has 0 unspecified atom stereocenters. The van der Waals surface area contributed by atoms with Crippen LogP contribution in [0.25, 0.3) is 41.6 Å². The Bertz CT molecular complexity index is 1690. The van der Waals surface area contributed by atoms with Crippen molar-refractivity contribution >= 4 is 69.6 Å². The van der Waals surface area contributed by atoms with Crippen LogP contribution >= 0.6 is 22.7 Å². The molecule has 0 saturated carbocycles. The van der Waals surface area contributed by atoms with E-state index in [0.29, 0.717) is 0 Å². The van der Waals surface area contributed by atoms with Crippen molar-refractivity contribution < 1.29 is 29.7 Å². The van der Waals surface area contributed by atoms with Crippen LogP contribution in [-0.4, -0.2) is 36.3 Å². The Labute approximate surface area is 264 Å². The summed E-state index contributed by atoms with van der Waals surface area (Å²) >= 11 is 3.29. The van der Waals surface area contributed by atoms with Gasteiger partial charge in [0.05, 0.1) is 47.7 Å². The standard InChI is InChI=1S/2C16H17NOSSi.Zn/c2*1-20(2,3)11-8-9-13-15(10-11)19-16(17-13)12-6-4-5-7-14(12)18;/h2*4-10,18H,1-3H3;. The van der Waals surface area contributed by atoms with Gasteiger partial charge >= 0.3 is 0 Å². The van der Waals surface area contributed by atoms with Gasteiger partial charge in [-0.2, -0.15) is 0 Å². The number of benzene rings is 4. The molecule has 0 aliphatic rings. The molecule has 0 amide bonds. The molecular formula is C32H34N2O2S2Si2Zn. The Balaban J connectivity index is 0.000000184. The molecule has 4 aromatic carbocycles. The fourth-order valence-electron chi connectivity index (χ4n) is 4.32. The van der Waals surface area contributed by atoms with E-state index in [1.165, 1.54) is 19.8 Å². The first-order chi connectivity index (χ1) is 18.9. The number of hydrogen-bond acceptors (Lipinski definition) is 6. The smallest absolute Gasteiger partial charge is 0.128 e. The van der Waals surface area contributed by atoms with Crippen LogP contribution in [0.2, 0.25) is 39.3 Å².